The van der Waals surface area contributed by atoms with Crippen molar-refractivity contribution in [2.45, 2.75) is 26.3 Å². The Kier molecular flexibility index (Phi) is 2.17. The first-order valence-corrected chi connectivity index (χ1v) is 3.86. The average molecular weight is 154 g/mol. The van der Waals surface area contributed by atoms with Gasteiger partial charge in [-0.05, 0) is 12.3 Å². The molecule has 1 atom stereocenters. The molecule has 0 bridgehead atoms. The standard InChI is InChI=1S/C8H14N2O/c1-5(2)4-7-6(3)9-8(11)10-7/h5,7H,3-4H2,1-2H3,(H2,9,10,11). The van der Waals surface area contributed by atoms with Gasteiger partial charge in [0.25, 0.3) is 0 Å². The molecule has 3 heteroatoms. The highest BCUT2D eigenvalue weighted by Crippen LogP contribution is 2.12. The molecule has 2 N–H and O–H groups in total. The van der Waals surface area contributed by atoms with Gasteiger partial charge in [-0.15, -0.1) is 0 Å². The SMILES string of the molecule is C=C1NC(=O)NC1CC(C)C. The molecule has 1 saturated heterocycles. The van der Waals surface area contributed by atoms with E-state index in [1.54, 1.807) is 0 Å². The molecule has 1 fully saturated rings. The first-order valence-electron chi connectivity index (χ1n) is 3.86. The number of hydrogen-bond donors (Lipinski definition) is 2. The highest BCUT2D eigenvalue weighted by atomic mass is 16.2. The van der Waals surface area contributed by atoms with E-state index >= 15 is 0 Å². The van der Waals surface area contributed by atoms with Crippen molar-refractivity contribution in [1.29, 1.82) is 0 Å². The van der Waals surface area contributed by atoms with Crippen LogP contribution in [0.15, 0.2) is 12.3 Å². The highest BCUT2D eigenvalue weighted by Gasteiger charge is 2.24. The molecule has 11 heavy (non-hydrogen) atoms. The fourth-order valence-corrected chi connectivity index (χ4v) is 1.19. The number of amides is 2. The van der Waals surface area contributed by atoms with Gasteiger partial charge in [-0.3, -0.25) is 0 Å². The summed E-state index contributed by atoms with van der Waals surface area (Å²) < 4.78 is 0. The molecule has 1 rings (SSSR count). The maximum absolute atomic E-state index is 10.8. The van der Waals surface area contributed by atoms with Crippen LogP contribution in [0.25, 0.3) is 0 Å². The van der Waals surface area contributed by atoms with E-state index in [2.05, 4.69) is 31.1 Å². The zero-order chi connectivity index (χ0) is 8.43. The van der Waals surface area contributed by atoms with Gasteiger partial charge in [-0.2, -0.15) is 0 Å². The third-order valence-electron chi connectivity index (χ3n) is 1.71. The van der Waals surface area contributed by atoms with Crippen LogP contribution < -0.4 is 10.6 Å². The molecular formula is C8H14N2O. The Labute approximate surface area is 66.9 Å². The van der Waals surface area contributed by atoms with Crippen LogP contribution >= 0.6 is 0 Å². The lowest BCUT2D eigenvalue weighted by Crippen LogP contribution is -2.27. The molecule has 62 valence electrons. The molecule has 0 aromatic rings. The lowest BCUT2D eigenvalue weighted by atomic mass is 10.0. The molecule has 0 spiro atoms. The van der Waals surface area contributed by atoms with Gasteiger partial charge in [-0.1, -0.05) is 20.4 Å². The molecule has 0 aromatic carbocycles. The Morgan fingerprint density at radius 3 is 2.64 bits per heavy atom. The number of carbonyl (C=O) groups excluding carboxylic acids is 1. The number of rotatable bonds is 2. The summed E-state index contributed by atoms with van der Waals surface area (Å²) in [6.45, 7) is 7.99. The maximum atomic E-state index is 10.8. The molecule has 1 unspecified atom stereocenters. The number of nitrogens with one attached hydrogen (secondary N) is 2. The van der Waals surface area contributed by atoms with Crippen molar-refractivity contribution in [3.8, 4) is 0 Å². The van der Waals surface area contributed by atoms with Crippen molar-refractivity contribution in [2.75, 3.05) is 0 Å². The smallest absolute Gasteiger partial charge is 0.319 e. The predicted octanol–water partition coefficient (Wildman–Crippen LogP) is 1.23. The summed E-state index contributed by atoms with van der Waals surface area (Å²) in [6.07, 6.45) is 0.956. The Bertz CT molecular complexity index is 187. The van der Waals surface area contributed by atoms with Gasteiger partial charge in [-0.25, -0.2) is 4.79 Å². The van der Waals surface area contributed by atoms with Gasteiger partial charge in [0.15, 0.2) is 0 Å². The first kappa shape index (κ1) is 8.11. The molecule has 0 aromatic heterocycles. The van der Waals surface area contributed by atoms with E-state index in [1.807, 2.05) is 0 Å². The van der Waals surface area contributed by atoms with Crippen molar-refractivity contribution in [3.05, 3.63) is 12.3 Å². The van der Waals surface area contributed by atoms with Crippen molar-refractivity contribution in [3.63, 3.8) is 0 Å². The van der Waals surface area contributed by atoms with Crippen molar-refractivity contribution < 1.29 is 4.79 Å². The third kappa shape index (κ3) is 1.97. The predicted molar refractivity (Wildman–Crippen MR) is 44.1 cm³/mol. The lowest BCUT2D eigenvalue weighted by molar-refractivity contribution is 0.247. The quantitative estimate of drug-likeness (QED) is 0.617. The lowest BCUT2D eigenvalue weighted by Gasteiger charge is -2.11. The van der Waals surface area contributed by atoms with E-state index in [1.165, 1.54) is 0 Å². The zero-order valence-electron chi connectivity index (χ0n) is 6.98. The normalized spacial score (nSPS) is 23.7. The Morgan fingerprint density at radius 2 is 2.27 bits per heavy atom. The fourth-order valence-electron chi connectivity index (χ4n) is 1.19. The summed E-state index contributed by atoms with van der Waals surface area (Å²) in [7, 11) is 0. The Hall–Kier alpha value is -0.990. The van der Waals surface area contributed by atoms with Gasteiger partial charge < -0.3 is 10.6 Å². The van der Waals surface area contributed by atoms with Crippen LogP contribution in [0.5, 0.6) is 0 Å². The molecule has 1 aliphatic heterocycles. The maximum Gasteiger partial charge on any atom is 0.319 e. The summed E-state index contributed by atoms with van der Waals surface area (Å²) in [6, 6.07) is 0.00292. The summed E-state index contributed by atoms with van der Waals surface area (Å²) in [5.41, 5.74) is 0.795. The van der Waals surface area contributed by atoms with Crippen LogP contribution in [0.4, 0.5) is 4.79 Å². The van der Waals surface area contributed by atoms with Crippen LogP contribution in [-0.4, -0.2) is 12.1 Å². The van der Waals surface area contributed by atoms with Gasteiger partial charge >= 0.3 is 6.03 Å². The van der Waals surface area contributed by atoms with Gasteiger partial charge in [0.2, 0.25) is 0 Å². The van der Waals surface area contributed by atoms with E-state index in [0.717, 1.165) is 12.1 Å². The van der Waals surface area contributed by atoms with E-state index in [9.17, 15) is 4.79 Å². The summed E-state index contributed by atoms with van der Waals surface area (Å²) in [5.74, 6) is 0.581. The fraction of sp³-hybridized carbons (Fsp3) is 0.625. The van der Waals surface area contributed by atoms with Crippen LogP contribution in [0.3, 0.4) is 0 Å². The first-order chi connectivity index (χ1) is 5.09. The summed E-state index contributed by atoms with van der Waals surface area (Å²) in [5, 5.41) is 5.41. The molecule has 0 saturated carbocycles. The molecule has 0 radical (unpaired) electrons. The monoisotopic (exact) mass is 154 g/mol. The van der Waals surface area contributed by atoms with E-state index in [0.29, 0.717) is 5.92 Å². The Balaban J connectivity index is 2.47. The molecule has 1 aliphatic rings. The molecular weight excluding hydrogens is 140 g/mol. The molecule has 0 aliphatic carbocycles. The van der Waals surface area contributed by atoms with Crippen LogP contribution in [0.2, 0.25) is 0 Å². The average Bonchev–Trinajstić information content (AvgIpc) is 2.09. The zero-order valence-corrected chi connectivity index (χ0v) is 6.98. The number of carbonyl (C=O) groups is 1. The van der Waals surface area contributed by atoms with Crippen LogP contribution in [-0.2, 0) is 0 Å². The second-order valence-corrected chi connectivity index (χ2v) is 3.31. The van der Waals surface area contributed by atoms with Crippen LogP contribution in [0, 0.1) is 5.92 Å². The second kappa shape index (κ2) is 2.95. The topological polar surface area (TPSA) is 41.1 Å². The van der Waals surface area contributed by atoms with Crippen molar-refractivity contribution in [2.24, 2.45) is 5.92 Å². The van der Waals surface area contributed by atoms with Crippen LogP contribution in [0.1, 0.15) is 20.3 Å². The van der Waals surface area contributed by atoms with E-state index < -0.39 is 0 Å². The Morgan fingerprint density at radius 1 is 1.64 bits per heavy atom. The molecule has 1 heterocycles. The molecule has 2 amide bonds. The minimum atomic E-state index is -0.124. The number of urea groups is 1. The molecule has 3 nitrogen and oxygen atoms in total. The van der Waals surface area contributed by atoms with Gasteiger partial charge in [0, 0.05) is 5.70 Å². The second-order valence-electron chi connectivity index (χ2n) is 3.31. The third-order valence-corrected chi connectivity index (χ3v) is 1.71. The highest BCUT2D eigenvalue weighted by molar-refractivity contribution is 5.80. The summed E-state index contributed by atoms with van der Waals surface area (Å²) in [4.78, 5) is 10.8. The minimum Gasteiger partial charge on any atom is -0.330 e. The van der Waals surface area contributed by atoms with E-state index in [-0.39, 0.29) is 12.1 Å². The van der Waals surface area contributed by atoms with Gasteiger partial charge in [0.1, 0.15) is 0 Å². The largest absolute Gasteiger partial charge is 0.330 e. The van der Waals surface area contributed by atoms with Gasteiger partial charge in [0.05, 0.1) is 6.04 Å². The minimum absolute atomic E-state index is 0.124. The summed E-state index contributed by atoms with van der Waals surface area (Å²) >= 11 is 0. The van der Waals surface area contributed by atoms with E-state index in [4.69, 9.17) is 0 Å². The van der Waals surface area contributed by atoms with Crippen molar-refractivity contribution in [1.82, 2.24) is 10.6 Å². The number of hydrogen-bond acceptors (Lipinski definition) is 1. The van der Waals surface area contributed by atoms with Crippen molar-refractivity contribution >= 4 is 6.03 Å².